The number of aromatic nitrogens is 1. The Morgan fingerprint density at radius 3 is 2.14 bits per heavy atom. The van der Waals surface area contributed by atoms with Crippen molar-refractivity contribution in [2.45, 2.75) is 31.5 Å². The third kappa shape index (κ3) is 9.94. The van der Waals surface area contributed by atoms with Crippen LogP contribution in [0.5, 0.6) is 0 Å². The summed E-state index contributed by atoms with van der Waals surface area (Å²) in [6.07, 6.45) is 0. The van der Waals surface area contributed by atoms with Gasteiger partial charge in [-0.2, -0.15) is 0 Å². The van der Waals surface area contributed by atoms with Crippen molar-refractivity contribution in [3.05, 3.63) is 11.1 Å². The third-order valence-corrected chi connectivity index (χ3v) is 5.92. The number of carbonyl (C=O) groups is 4. The van der Waals surface area contributed by atoms with Gasteiger partial charge in [0.05, 0.1) is 5.97 Å². The molecule has 24 heteroatoms. The molecule has 188 valence electrons. The first-order valence-corrected chi connectivity index (χ1v) is 12.1. The van der Waals surface area contributed by atoms with Crippen LogP contribution in [-0.4, -0.2) is 82.3 Å². The van der Waals surface area contributed by atoms with E-state index in [9.17, 15) is 50.2 Å². The van der Waals surface area contributed by atoms with E-state index in [0.29, 0.717) is 0 Å². The Kier molecular flexibility index (Phi) is 15.0. The van der Waals surface area contributed by atoms with Crippen LogP contribution in [0, 0.1) is 0 Å². The molecule has 3 amide bonds. The molecule has 0 saturated carbocycles. The number of carbonyl (C=O) groups excluding carboxylic acids is 4. The molecule has 2 atom stereocenters. The van der Waals surface area contributed by atoms with Gasteiger partial charge in [0.15, 0.2) is 43.1 Å². The molecule has 0 spiro atoms. The summed E-state index contributed by atoms with van der Waals surface area (Å²) in [6.45, 7) is 2.01. The van der Waals surface area contributed by atoms with Gasteiger partial charge < -0.3 is 34.9 Å². The zero-order valence-corrected chi connectivity index (χ0v) is 28.2. The second kappa shape index (κ2) is 14.3. The van der Waals surface area contributed by atoms with Crippen molar-refractivity contribution in [1.82, 2.24) is 19.3 Å². The van der Waals surface area contributed by atoms with E-state index in [1.54, 1.807) is 0 Å². The maximum Gasteiger partial charge on any atom is 1.00 e. The van der Waals surface area contributed by atoms with E-state index in [-0.39, 0.29) is 99.5 Å². The molecule has 0 unspecified atom stereocenters. The summed E-state index contributed by atoms with van der Waals surface area (Å²) in [5.74, 6) is -6.72. The van der Waals surface area contributed by atoms with Gasteiger partial charge >= 0.3 is 88.7 Å². The van der Waals surface area contributed by atoms with Crippen molar-refractivity contribution in [2.75, 3.05) is 5.73 Å². The molecule has 4 N–H and O–H groups in total. The molecule has 2 heterocycles. The van der Waals surface area contributed by atoms with E-state index in [0.717, 1.165) is 35.3 Å². The molecule has 1 fully saturated rings. The normalized spacial score (nSPS) is 17.7. The van der Waals surface area contributed by atoms with Gasteiger partial charge in [-0.3, -0.25) is 19.1 Å². The van der Waals surface area contributed by atoms with Crippen molar-refractivity contribution in [1.29, 1.82) is 0 Å². The number of oxime groups is 1. The number of thiazole rings is 1. The van der Waals surface area contributed by atoms with E-state index in [1.807, 2.05) is 5.32 Å². The minimum Gasteiger partial charge on any atom is -0.731 e. The maximum atomic E-state index is 12.7. The third-order valence-electron chi connectivity index (χ3n) is 3.91. The van der Waals surface area contributed by atoms with E-state index >= 15 is 0 Å². The first kappa shape index (κ1) is 38.7. The predicted molar refractivity (Wildman–Crippen MR) is 103 cm³/mol. The summed E-state index contributed by atoms with van der Waals surface area (Å²) in [5.41, 5.74) is 2.28. The standard InChI is InChI=1S/C13H16N6O12S3.3Na/c1-13(2,11(23)24)31-17-5(4-3-32-12(14)15-4)8(20)16-6-7(9(21)18-33(25,26)27)19(10(6)22)34(28,29)30;;;/h3,6-7H,1-2H3,(H2,14,15)(H,16,20)(H,18,21)(H,23,24)(H,25,26,27)(H,28,29,30);;;/q;3*+1/p-3/t6-,7-;;;/m1.../s1. The first-order chi connectivity index (χ1) is 15.3. The quantitative estimate of drug-likeness (QED) is 0.0769. The van der Waals surface area contributed by atoms with Crippen molar-refractivity contribution in [3.8, 4) is 0 Å². The summed E-state index contributed by atoms with van der Waals surface area (Å²) < 4.78 is 66.4. The molecular weight excluding hydrogens is 597 g/mol. The van der Waals surface area contributed by atoms with Crippen LogP contribution >= 0.6 is 11.3 Å². The largest absolute Gasteiger partial charge is 1.00 e. The van der Waals surface area contributed by atoms with Crippen LogP contribution in [0.15, 0.2) is 10.5 Å². The molecule has 1 aliphatic rings. The van der Waals surface area contributed by atoms with Gasteiger partial charge in [0.1, 0.15) is 11.7 Å². The van der Waals surface area contributed by atoms with Crippen LogP contribution in [0.25, 0.3) is 0 Å². The summed E-state index contributed by atoms with van der Waals surface area (Å²) >= 11 is 0.805. The van der Waals surface area contributed by atoms with Gasteiger partial charge in [-0.1, -0.05) is 5.16 Å². The number of amides is 3. The van der Waals surface area contributed by atoms with E-state index < -0.39 is 72.0 Å². The molecule has 0 bridgehead atoms. The second-order valence-electron chi connectivity index (χ2n) is 6.81. The minimum absolute atomic E-state index is 0. The van der Waals surface area contributed by atoms with Gasteiger partial charge in [-0.15, -0.1) is 11.3 Å². The molecule has 2 rings (SSSR count). The fourth-order valence-electron chi connectivity index (χ4n) is 2.30. The molecule has 18 nitrogen and oxygen atoms in total. The molecule has 0 aromatic carbocycles. The van der Waals surface area contributed by atoms with Crippen LogP contribution in [-0.2, 0) is 44.6 Å². The number of hydrogen-bond donors (Lipinski definition) is 3. The summed E-state index contributed by atoms with van der Waals surface area (Å²) in [6, 6.07) is -4.61. The van der Waals surface area contributed by atoms with Gasteiger partial charge in [0.25, 0.3) is 17.7 Å². The Morgan fingerprint density at radius 2 is 1.73 bits per heavy atom. The Labute approximate surface area is 279 Å². The van der Waals surface area contributed by atoms with Crippen LogP contribution in [0.1, 0.15) is 19.5 Å². The fourth-order valence-corrected chi connectivity index (χ4v) is 4.05. The zero-order chi connectivity index (χ0) is 26.2. The Bertz CT molecular complexity index is 1300. The first-order valence-electron chi connectivity index (χ1n) is 8.41. The Balaban J connectivity index is 0. The number of rotatable bonds is 9. The second-order valence-corrected chi connectivity index (χ2v) is 10.1. The number of carboxylic acid groups (broad SMARTS) is 1. The predicted octanol–water partition coefficient (Wildman–Crippen LogP) is -14.3. The van der Waals surface area contributed by atoms with Crippen LogP contribution in [0.3, 0.4) is 0 Å². The smallest absolute Gasteiger partial charge is 0.731 e. The average Bonchev–Trinajstić information content (AvgIpc) is 3.07. The number of aliphatic carboxylic acids is 1. The summed E-state index contributed by atoms with van der Waals surface area (Å²) in [7, 11) is -11.2. The number of nitrogen functional groups attached to an aromatic ring is 1. The molecule has 1 aromatic heterocycles. The number of nitrogens with zero attached hydrogens (tertiary/aromatic N) is 3. The Hall–Kier alpha value is -0.400. The molecule has 1 aliphatic heterocycles. The molecule has 37 heavy (non-hydrogen) atoms. The zero-order valence-electron chi connectivity index (χ0n) is 19.8. The fraction of sp³-hybridized carbons (Fsp3) is 0.385. The van der Waals surface area contributed by atoms with Crippen molar-refractivity contribution >= 4 is 66.5 Å². The van der Waals surface area contributed by atoms with Crippen LogP contribution in [0.4, 0.5) is 5.13 Å². The van der Waals surface area contributed by atoms with Crippen molar-refractivity contribution in [3.63, 3.8) is 0 Å². The summed E-state index contributed by atoms with van der Waals surface area (Å²) in [4.78, 5) is 56.4. The van der Waals surface area contributed by atoms with Crippen molar-refractivity contribution < 1.29 is 144 Å². The number of carboxylic acids is 1. The molecular formula is C13H13N6Na3O12S3. The Morgan fingerprint density at radius 1 is 1.19 bits per heavy atom. The van der Waals surface area contributed by atoms with E-state index in [1.165, 1.54) is 0 Å². The molecule has 1 saturated heterocycles. The monoisotopic (exact) mass is 610 g/mol. The summed E-state index contributed by atoms with van der Waals surface area (Å²) in [5, 5.41) is 17.3. The minimum atomic E-state index is -5.67. The number of nitrogens with one attached hydrogen (secondary N) is 2. The van der Waals surface area contributed by atoms with E-state index in [2.05, 4.69) is 10.1 Å². The molecule has 1 aromatic rings. The van der Waals surface area contributed by atoms with Gasteiger partial charge in [0, 0.05) is 5.38 Å². The number of nitrogens with two attached hydrogens (primary N) is 1. The molecule has 0 radical (unpaired) electrons. The van der Waals surface area contributed by atoms with Gasteiger partial charge in [-0.25, -0.2) is 26.1 Å². The van der Waals surface area contributed by atoms with Crippen LogP contribution in [0.2, 0.25) is 0 Å². The number of β-lactam (4-membered cyclic amide) rings is 1. The maximum absolute atomic E-state index is 12.7. The number of hydrogen-bond acceptors (Lipinski definition) is 16. The number of anilines is 1. The SMILES string of the molecule is CC(C)(ON=C(C(=O)N[C@H]1C(=O)N(S(=O)(=O)[O-])[C@H]1C(=O)NS(=O)(=O)[O-])c1csc(N)n1)C(=O)[O-].[Na+].[Na+].[Na+]. The van der Waals surface area contributed by atoms with Crippen molar-refractivity contribution in [2.24, 2.45) is 5.16 Å². The average molecular weight is 610 g/mol. The topological polar surface area (TPSA) is 294 Å². The van der Waals surface area contributed by atoms with Gasteiger partial charge in [0.2, 0.25) is 0 Å². The van der Waals surface area contributed by atoms with Gasteiger partial charge in [-0.05, 0) is 13.8 Å². The molecule has 0 aliphatic carbocycles. The van der Waals surface area contributed by atoms with E-state index in [4.69, 9.17) is 10.6 Å². The van der Waals surface area contributed by atoms with Crippen LogP contribution < -0.4 is 110 Å².